The molecule has 2 aromatic carbocycles. The lowest BCUT2D eigenvalue weighted by molar-refractivity contribution is -0.128. The highest BCUT2D eigenvalue weighted by Crippen LogP contribution is 2.34. The number of urea groups is 1. The molecule has 1 unspecified atom stereocenters. The average Bonchev–Trinajstić information content (AvgIpc) is 3.37. The second-order valence-electron chi connectivity index (χ2n) is 7.56. The standard InChI is InChI=1S/C22H21N3O7/c26-20(23-14-2-5-16-19(10-14)30-8-7-29-16)6-3-15-21(27)25(22(28)24-15)11-13-1-4-17-18(9-13)32-12-31-17/h1-2,4-5,9-10,15H,3,6-8,11-12H2,(H,23,26)(H,24,28). The number of ether oxygens (including phenoxy) is 4. The first-order chi connectivity index (χ1) is 15.6. The monoisotopic (exact) mass is 439 g/mol. The molecule has 1 fully saturated rings. The fourth-order valence-corrected chi connectivity index (χ4v) is 3.76. The maximum Gasteiger partial charge on any atom is 0.325 e. The molecule has 10 nitrogen and oxygen atoms in total. The molecule has 0 saturated carbocycles. The number of hydrogen-bond acceptors (Lipinski definition) is 7. The molecular formula is C22H21N3O7. The number of nitrogens with zero attached hydrogens (tertiary/aromatic N) is 1. The highest BCUT2D eigenvalue weighted by molar-refractivity contribution is 6.04. The van der Waals surface area contributed by atoms with Crippen molar-refractivity contribution in [1.29, 1.82) is 0 Å². The largest absolute Gasteiger partial charge is 0.486 e. The van der Waals surface area contributed by atoms with E-state index in [2.05, 4.69) is 10.6 Å². The van der Waals surface area contributed by atoms with E-state index in [-0.39, 0.29) is 38.0 Å². The molecule has 3 aliphatic rings. The van der Waals surface area contributed by atoms with E-state index in [1.165, 1.54) is 0 Å². The lowest BCUT2D eigenvalue weighted by Crippen LogP contribution is -2.31. The topological polar surface area (TPSA) is 115 Å². The summed E-state index contributed by atoms with van der Waals surface area (Å²) in [5.74, 6) is 1.80. The van der Waals surface area contributed by atoms with Crippen LogP contribution < -0.4 is 29.6 Å². The molecule has 5 rings (SSSR count). The molecule has 0 radical (unpaired) electrons. The third-order valence-corrected chi connectivity index (χ3v) is 5.37. The van der Waals surface area contributed by atoms with E-state index in [1.807, 2.05) is 0 Å². The fourth-order valence-electron chi connectivity index (χ4n) is 3.76. The summed E-state index contributed by atoms with van der Waals surface area (Å²) in [5.41, 5.74) is 1.32. The highest BCUT2D eigenvalue weighted by Gasteiger charge is 2.38. The third-order valence-electron chi connectivity index (χ3n) is 5.37. The second kappa shape index (κ2) is 8.29. The minimum Gasteiger partial charge on any atom is -0.486 e. The summed E-state index contributed by atoms with van der Waals surface area (Å²) >= 11 is 0. The van der Waals surface area contributed by atoms with Crippen molar-refractivity contribution in [2.75, 3.05) is 25.3 Å². The fraction of sp³-hybridized carbons (Fsp3) is 0.318. The number of nitrogens with one attached hydrogen (secondary N) is 2. The molecule has 0 aromatic heterocycles. The minimum atomic E-state index is -0.748. The number of carbonyl (C=O) groups excluding carboxylic acids is 3. The van der Waals surface area contributed by atoms with Crippen molar-refractivity contribution in [1.82, 2.24) is 10.2 Å². The Bertz CT molecular complexity index is 1090. The van der Waals surface area contributed by atoms with Gasteiger partial charge in [0.05, 0.1) is 6.54 Å². The zero-order chi connectivity index (χ0) is 22.1. The van der Waals surface area contributed by atoms with Gasteiger partial charge in [0.15, 0.2) is 23.0 Å². The molecular weight excluding hydrogens is 418 g/mol. The van der Waals surface area contributed by atoms with E-state index in [1.54, 1.807) is 36.4 Å². The van der Waals surface area contributed by atoms with Gasteiger partial charge in [-0.1, -0.05) is 6.07 Å². The summed E-state index contributed by atoms with van der Waals surface area (Å²) in [5, 5.41) is 5.43. The molecule has 2 aromatic rings. The van der Waals surface area contributed by atoms with E-state index in [0.717, 1.165) is 10.5 Å². The van der Waals surface area contributed by atoms with Crippen LogP contribution in [0.1, 0.15) is 18.4 Å². The van der Waals surface area contributed by atoms with Crippen LogP contribution in [0.25, 0.3) is 0 Å². The molecule has 3 aliphatic heterocycles. The maximum atomic E-state index is 12.7. The Hall–Kier alpha value is -3.95. The number of hydrogen-bond donors (Lipinski definition) is 2. The molecule has 4 amide bonds. The Kier molecular flexibility index (Phi) is 5.18. The Labute approximate surface area is 183 Å². The molecule has 2 N–H and O–H groups in total. The van der Waals surface area contributed by atoms with Crippen molar-refractivity contribution in [3.8, 4) is 23.0 Å². The lowest BCUT2D eigenvalue weighted by Gasteiger charge is -2.19. The number of amides is 4. The van der Waals surface area contributed by atoms with Crippen LogP contribution in [-0.2, 0) is 16.1 Å². The normalized spacial score (nSPS) is 18.5. The second-order valence-corrected chi connectivity index (χ2v) is 7.56. The average molecular weight is 439 g/mol. The van der Waals surface area contributed by atoms with Crippen LogP contribution in [0.4, 0.5) is 10.5 Å². The third kappa shape index (κ3) is 3.98. The van der Waals surface area contributed by atoms with E-state index in [4.69, 9.17) is 18.9 Å². The Morgan fingerprint density at radius 3 is 2.56 bits per heavy atom. The zero-order valence-electron chi connectivity index (χ0n) is 17.1. The van der Waals surface area contributed by atoms with Crippen LogP contribution in [0.15, 0.2) is 36.4 Å². The van der Waals surface area contributed by atoms with Gasteiger partial charge in [-0.25, -0.2) is 4.79 Å². The van der Waals surface area contributed by atoms with Crippen LogP contribution >= 0.6 is 0 Å². The quantitative estimate of drug-likeness (QED) is 0.662. The van der Waals surface area contributed by atoms with Crippen molar-refractivity contribution < 1.29 is 33.3 Å². The first-order valence-electron chi connectivity index (χ1n) is 10.3. The van der Waals surface area contributed by atoms with Crippen LogP contribution in [0.3, 0.4) is 0 Å². The summed E-state index contributed by atoms with van der Waals surface area (Å²) in [4.78, 5) is 38.5. The molecule has 10 heteroatoms. The molecule has 1 atom stereocenters. The summed E-state index contributed by atoms with van der Waals surface area (Å²) in [6.45, 7) is 1.21. The summed E-state index contributed by atoms with van der Waals surface area (Å²) < 4.78 is 21.6. The summed E-state index contributed by atoms with van der Waals surface area (Å²) in [6.07, 6.45) is 0.265. The first kappa shape index (κ1) is 20.0. The van der Waals surface area contributed by atoms with Gasteiger partial charge in [0.25, 0.3) is 5.91 Å². The van der Waals surface area contributed by atoms with Crippen molar-refractivity contribution in [3.63, 3.8) is 0 Å². The van der Waals surface area contributed by atoms with Crippen molar-refractivity contribution in [3.05, 3.63) is 42.0 Å². The van der Waals surface area contributed by atoms with Gasteiger partial charge in [-0.15, -0.1) is 0 Å². The number of imide groups is 1. The number of benzene rings is 2. The Balaban J connectivity index is 1.15. The van der Waals surface area contributed by atoms with E-state index >= 15 is 0 Å². The van der Waals surface area contributed by atoms with E-state index in [9.17, 15) is 14.4 Å². The van der Waals surface area contributed by atoms with Gasteiger partial charge in [-0.3, -0.25) is 14.5 Å². The van der Waals surface area contributed by atoms with Crippen molar-refractivity contribution in [2.45, 2.75) is 25.4 Å². The van der Waals surface area contributed by atoms with Crippen molar-refractivity contribution in [2.24, 2.45) is 0 Å². The van der Waals surface area contributed by atoms with Crippen LogP contribution in [-0.4, -0.2) is 48.8 Å². The zero-order valence-corrected chi connectivity index (χ0v) is 17.1. The summed E-state index contributed by atoms with van der Waals surface area (Å²) in [6, 6.07) is 9.20. The maximum absolute atomic E-state index is 12.7. The molecule has 166 valence electrons. The van der Waals surface area contributed by atoms with Crippen molar-refractivity contribution >= 4 is 23.5 Å². The Morgan fingerprint density at radius 2 is 1.69 bits per heavy atom. The molecule has 3 heterocycles. The lowest BCUT2D eigenvalue weighted by atomic mass is 10.1. The van der Waals surface area contributed by atoms with Gasteiger partial charge in [-0.2, -0.15) is 0 Å². The number of fused-ring (bicyclic) bond motifs is 2. The molecule has 32 heavy (non-hydrogen) atoms. The SMILES string of the molecule is O=C(CCC1NC(=O)N(Cc2ccc3c(c2)OCO3)C1=O)Nc1ccc2c(c1)OCCO2. The summed E-state index contributed by atoms with van der Waals surface area (Å²) in [7, 11) is 0. The van der Waals surface area contributed by atoms with Gasteiger partial charge < -0.3 is 29.6 Å². The smallest absolute Gasteiger partial charge is 0.325 e. The van der Waals surface area contributed by atoms with E-state index < -0.39 is 12.1 Å². The molecule has 0 bridgehead atoms. The van der Waals surface area contributed by atoms with Gasteiger partial charge in [0.1, 0.15) is 19.3 Å². The minimum absolute atomic E-state index is 0.0724. The van der Waals surface area contributed by atoms with Crippen LogP contribution in [0, 0.1) is 0 Å². The van der Waals surface area contributed by atoms with Crippen LogP contribution in [0.2, 0.25) is 0 Å². The van der Waals surface area contributed by atoms with E-state index in [0.29, 0.717) is 41.9 Å². The molecule has 1 saturated heterocycles. The van der Waals surface area contributed by atoms with Gasteiger partial charge >= 0.3 is 6.03 Å². The first-order valence-corrected chi connectivity index (χ1v) is 10.3. The predicted octanol–water partition coefficient (Wildman–Crippen LogP) is 2.03. The predicted molar refractivity (Wildman–Crippen MR) is 111 cm³/mol. The highest BCUT2D eigenvalue weighted by atomic mass is 16.7. The molecule has 0 aliphatic carbocycles. The Morgan fingerprint density at radius 1 is 0.969 bits per heavy atom. The number of carbonyl (C=O) groups is 3. The number of anilines is 1. The molecule has 0 spiro atoms. The van der Waals surface area contributed by atoms with Crippen LogP contribution in [0.5, 0.6) is 23.0 Å². The van der Waals surface area contributed by atoms with Gasteiger partial charge in [0.2, 0.25) is 12.7 Å². The number of rotatable bonds is 6. The van der Waals surface area contributed by atoms with Gasteiger partial charge in [0, 0.05) is 18.2 Å². The van der Waals surface area contributed by atoms with Gasteiger partial charge in [-0.05, 0) is 36.2 Å².